The zero-order chi connectivity index (χ0) is 16.9. The predicted octanol–water partition coefficient (Wildman–Crippen LogP) is 3.36. The molecule has 4 rings (SSSR count). The summed E-state index contributed by atoms with van der Waals surface area (Å²) in [7, 11) is 0. The molecule has 3 heterocycles. The number of aromatic nitrogens is 2. The second-order valence-electron chi connectivity index (χ2n) is 8.64. The van der Waals surface area contributed by atoms with Gasteiger partial charge in [0.15, 0.2) is 5.76 Å². The van der Waals surface area contributed by atoms with Gasteiger partial charge < -0.3 is 4.42 Å². The van der Waals surface area contributed by atoms with Crippen molar-refractivity contribution < 1.29 is 4.42 Å². The van der Waals surface area contributed by atoms with Crippen LogP contribution in [0.2, 0.25) is 0 Å². The molecule has 0 amide bonds. The van der Waals surface area contributed by atoms with E-state index in [2.05, 4.69) is 30.8 Å². The molecule has 24 heavy (non-hydrogen) atoms. The number of fused-ring (bicyclic) bond motifs is 2. The van der Waals surface area contributed by atoms with E-state index in [0.29, 0.717) is 35.0 Å². The molecule has 1 aliphatic carbocycles. The van der Waals surface area contributed by atoms with Crippen LogP contribution in [-0.2, 0) is 6.67 Å². The maximum absolute atomic E-state index is 12.3. The van der Waals surface area contributed by atoms with Crippen LogP contribution in [0.5, 0.6) is 0 Å². The minimum Gasteiger partial charge on any atom is -0.463 e. The fourth-order valence-electron chi connectivity index (χ4n) is 5.02. The van der Waals surface area contributed by atoms with Gasteiger partial charge >= 0.3 is 0 Å². The summed E-state index contributed by atoms with van der Waals surface area (Å²) in [4.78, 5) is 14.7. The molecule has 2 fully saturated rings. The molecule has 2 aliphatic rings. The van der Waals surface area contributed by atoms with E-state index in [4.69, 9.17) is 4.42 Å². The van der Waals surface area contributed by atoms with Gasteiger partial charge in [0.1, 0.15) is 5.69 Å². The average Bonchev–Trinajstić information content (AvgIpc) is 3.07. The quantitative estimate of drug-likeness (QED) is 0.867. The Morgan fingerprint density at radius 2 is 2.08 bits per heavy atom. The van der Waals surface area contributed by atoms with Gasteiger partial charge in [0, 0.05) is 18.7 Å². The summed E-state index contributed by atoms with van der Waals surface area (Å²) in [6.07, 6.45) is 5.29. The summed E-state index contributed by atoms with van der Waals surface area (Å²) in [5, 5.41) is 4.52. The van der Waals surface area contributed by atoms with Crippen molar-refractivity contribution in [3.05, 3.63) is 40.9 Å². The van der Waals surface area contributed by atoms with E-state index < -0.39 is 0 Å². The van der Waals surface area contributed by atoms with E-state index in [0.717, 1.165) is 6.54 Å². The summed E-state index contributed by atoms with van der Waals surface area (Å²) in [5.74, 6) is 0.692. The normalized spacial score (nSPS) is 29.0. The Morgan fingerprint density at radius 3 is 2.83 bits per heavy atom. The van der Waals surface area contributed by atoms with Gasteiger partial charge in [0.2, 0.25) is 0 Å². The minimum atomic E-state index is -0.0591. The number of hydrogen-bond acceptors (Lipinski definition) is 4. The molecular formula is C19H25N3O2. The maximum atomic E-state index is 12.3. The highest BCUT2D eigenvalue weighted by Crippen LogP contribution is 2.52. The molecule has 0 radical (unpaired) electrons. The lowest BCUT2D eigenvalue weighted by Gasteiger charge is -2.39. The second-order valence-corrected chi connectivity index (χ2v) is 8.64. The third-order valence-electron chi connectivity index (χ3n) is 5.48. The van der Waals surface area contributed by atoms with Gasteiger partial charge in [-0.3, -0.25) is 9.69 Å². The van der Waals surface area contributed by atoms with Gasteiger partial charge in [-0.15, -0.1) is 0 Å². The van der Waals surface area contributed by atoms with E-state index in [9.17, 15) is 4.79 Å². The Morgan fingerprint density at radius 1 is 1.25 bits per heavy atom. The second kappa shape index (κ2) is 5.31. The average molecular weight is 327 g/mol. The van der Waals surface area contributed by atoms with Crippen LogP contribution in [0.25, 0.3) is 11.5 Å². The zero-order valence-electron chi connectivity index (χ0n) is 14.7. The summed E-state index contributed by atoms with van der Waals surface area (Å²) in [6, 6.07) is 7.55. The van der Waals surface area contributed by atoms with Crippen LogP contribution in [0, 0.1) is 10.8 Å². The topological polar surface area (TPSA) is 51.3 Å². The van der Waals surface area contributed by atoms with Crippen LogP contribution >= 0.6 is 0 Å². The molecule has 1 saturated heterocycles. The number of nitrogens with zero attached hydrogens (tertiary/aromatic N) is 3. The number of likely N-dealkylation sites (tertiary alicyclic amines) is 1. The van der Waals surface area contributed by atoms with Gasteiger partial charge in [0.25, 0.3) is 5.56 Å². The van der Waals surface area contributed by atoms with Crippen LogP contribution in [0.3, 0.4) is 0 Å². The Balaban J connectivity index is 1.60. The van der Waals surface area contributed by atoms with Gasteiger partial charge in [-0.05, 0) is 48.3 Å². The third-order valence-corrected chi connectivity index (χ3v) is 5.48. The fourth-order valence-corrected chi connectivity index (χ4v) is 5.02. The van der Waals surface area contributed by atoms with Crippen molar-refractivity contribution in [2.45, 2.75) is 52.7 Å². The highest BCUT2D eigenvalue weighted by molar-refractivity contribution is 5.50. The Kier molecular flexibility index (Phi) is 3.46. The SMILES string of the molecule is CC1(C)C[C@H]2C[C@](C)(CN2Cn2nc(-c3ccco3)ccc2=O)C1. The van der Waals surface area contributed by atoms with Crippen LogP contribution in [-0.4, -0.2) is 27.3 Å². The zero-order valence-corrected chi connectivity index (χ0v) is 14.7. The molecule has 1 aliphatic heterocycles. The lowest BCUT2D eigenvalue weighted by atomic mass is 9.65. The van der Waals surface area contributed by atoms with Crippen LogP contribution in [0.4, 0.5) is 0 Å². The Hall–Kier alpha value is -1.88. The van der Waals surface area contributed by atoms with Crippen molar-refractivity contribution in [2.24, 2.45) is 10.8 Å². The van der Waals surface area contributed by atoms with Crippen LogP contribution in [0.1, 0.15) is 40.0 Å². The van der Waals surface area contributed by atoms with Gasteiger partial charge in [0.05, 0.1) is 12.9 Å². The summed E-state index contributed by atoms with van der Waals surface area (Å²) in [5.41, 5.74) is 1.37. The van der Waals surface area contributed by atoms with Gasteiger partial charge in [-0.2, -0.15) is 5.10 Å². The first-order valence-electron chi connectivity index (χ1n) is 8.70. The largest absolute Gasteiger partial charge is 0.463 e. The van der Waals surface area contributed by atoms with Crippen molar-refractivity contribution in [3.8, 4) is 11.5 Å². The molecule has 2 bridgehead atoms. The van der Waals surface area contributed by atoms with Gasteiger partial charge in [-0.25, -0.2) is 4.68 Å². The molecule has 2 aromatic heterocycles. The van der Waals surface area contributed by atoms with Crippen molar-refractivity contribution in [3.63, 3.8) is 0 Å². The highest BCUT2D eigenvalue weighted by atomic mass is 16.3. The number of rotatable bonds is 3. The highest BCUT2D eigenvalue weighted by Gasteiger charge is 2.49. The predicted molar refractivity (Wildman–Crippen MR) is 92.4 cm³/mol. The first-order chi connectivity index (χ1) is 11.3. The molecule has 5 nitrogen and oxygen atoms in total. The van der Waals surface area contributed by atoms with Crippen molar-refractivity contribution in [2.75, 3.05) is 6.54 Å². The lowest BCUT2D eigenvalue weighted by molar-refractivity contribution is 0.119. The summed E-state index contributed by atoms with van der Waals surface area (Å²) >= 11 is 0. The molecule has 128 valence electrons. The molecular weight excluding hydrogens is 302 g/mol. The fraction of sp³-hybridized carbons (Fsp3) is 0.579. The van der Waals surface area contributed by atoms with Crippen molar-refractivity contribution in [1.29, 1.82) is 0 Å². The Bertz CT molecular complexity index is 793. The molecule has 2 atom stereocenters. The summed E-state index contributed by atoms with van der Waals surface area (Å²) < 4.78 is 6.98. The van der Waals surface area contributed by atoms with Crippen molar-refractivity contribution in [1.82, 2.24) is 14.7 Å². The van der Waals surface area contributed by atoms with Crippen LogP contribution in [0.15, 0.2) is 39.7 Å². The molecule has 0 unspecified atom stereocenters. The monoisotopic (exact) mass is 327 g/mol. The summed E-state index contributed by atoms with van der Waals surface area (Å²) in [6.45, 7) is 8.71. The minimum absolute atomic E-state index is 0.0591. The lowest BCUT2D eigenvalue weighted by Crippen LogP contribution is -2.38. The standard InChI is InChI=1S/C19H25N3O2/c1-18(2)9-14-10-19(3,11-18)12-21(14)13-22-17(23)7-6-15(20-22)16-5-4-8-24-16/h4-8,14H,9-13H2,1-3H3/t14-,19-/m0/s1. The first-order valence-corrected chi connectivity index (χ1v) is 8.70. The van der Waals surface area contributed by atoms with E-state index in [-0.39, 0.29) is 5.56 Å². The maximum Gasteiger partial charge on any atom is 0.268 e. The van der Waals surface area contributed by atoms with Crippen molar-refractivity contribution >= 4 is 0 Å². The molecule has 1 saturated carbocycles. The molecule has 5 heteroatoms. The molecule has 0 N–H and O–H groups in total. The van der Waals surface area contributed by atoms with Gasteiger partial charge in [-0.1, -0.05) is 20.8 Å². The van der Waals surface area contributed by atoms with E-state index in [1.54, 1.807) is 23.1 Å². The Labute approximate surface area is 142 Å². The smallest absolute Gasteiger partial charge is 0.268 e. The third kappa shape index (κ3) is 2.81. The number of furan rings is 1. The molecule has 2 aromatic rings. The van der Waals surface area contributed by atoms with E-state index in [1.807, 2.05) is 12.1 Å². The number of hydrogen-bond donors (Lipinski definition) is 0. The molecule has 0 spiro atoms. The first kappa shape index (κ1) is 15.6. The van der Waals surface area contributed by atoms with E-state index in [1.165, 1.54) is 19.3 Å². The molecule has 0 aromatic carbocycles. The van der Waals surface area contributed by atoms with Crippen LogP contribution < -0.4 is 5.56 Å². The van der Waals surface area contributed by atoms with E-state index >= 15 is 0 Å².